The molecule has 0 aliphatic carbocycles. The Hall–Kier alpha value is -2.09. The lowest BCUT2D eigenvalue weighted by Gasteiger charge is -2.11. The molecule has 0 aliphatic rings. The SMILES string of the molecule is O=C(NCc1ccc(C(F)(F)F)cc1F)Nc1ccccc1Br. The van der Waals surface area contributed by atoms with Crippen LogP contribution < -0.4 is 10.6 Å². The number of carbonyl (C=O) groups excluding carboxylic acids is 1. The average Bonchev–Trinajstić information content (AvgIpc) is 2.47. The second-order valence-electron chi connectivity index (χ2n) is 4.59. The van der Waals surface area contributed by atoms with Gasteiger partial charge >= 0.3 is 12.2 Å². The summed E-state index contributed by atoms with van der Waals surface area (Å²) in [6.07, 6.45) is -4.61. The molecule has 122 valence electrons. The molecule has 2 aromatic carbocycles. The lowest BCUT2D eigenvalue weighted by atomic mass is 10.1. The van der Waals surface area contributed by atoms with E-state index in [0.29, 0.717) is 16.2 Å². The highest BCUT2D eigenvalue weighted by Crippen LogP contribution is 2.30. The fourth-order valence-electron chi connectivity index (χ4n) is 1.77. The first-order valence-electron chi connectivity index (χ1n) is 6.42. The number of nitrogens with one attached hydrogen (secondary N) is 2. The molecule has 0 radical (unpaired) electrons. The molecule has 0 fully saturated rings. The van der Waals surface area contributed by atoms with Crippen LogP contribution in [0.1, 0.15) is 11.1 Å². The van der Waals surface area contributed by atoms with E-state index in [1.54, 1.807) is 24.3 Å². The third-order valence-electron chi connectivity index (χ3n) is 2.94. The molecule has 0 saturated carbocycles. The number of amides is 2. The molecule has 2 aromatic rings. The van der Waals surface area contributed by atoms with Crippen molar-refractivity contribution in [2.45, 2.75) is 12.7 Å². The average molecular weight is 391 g/mol. The molecule has 23 heavy (non-hydrogen) atoms. The van der Waals surface area contributed by atoms with Gasteiger partial charge in [0.05, 0.1) is 11.3 Å². The highest BCUT2D eigenvalue weighted by molar-refractivity contribution is 9.10. The summed E-state index contributed by atoms with van der Waals surface area (Å²) in [5.41, 5.74) is -0.602. The van der Waals surface area contributed by atoms with E-state index in [4.69, 9.17) is 0 Å². The molecule has 0 spiro atoms. The normalized spacial score (nSPS) is 11.2. The second kappa shape index (κ2) is 6.99. The van der Waals surface area contributed by atoms with Gasteiger partial charge in [0.2, 0.25) is 0 Å². The lowest BCUT2D eigenvalue weighted by Crippen LogP contribution is -2.28. The zero-order valence-electron chi connectivity index (χ0n) is 11.5. The van der Waals surface area contributed by atoms with E-state index in [9.17, 15) is 22.4 Å². The summed E-state index contributed by atoms with van der Waals surface area (Å²) in [5, 5.41) is 4.92. The number of halogens is 5. The molecule has 8 heteroatoms. The van der Waals surface area contributed by atoms with Crippen molar-refractivity contribution in [3.05, 3.63) is 63.9 Å². The maximum absolute atomic E-state index is 13.6. The fourth-order valence-corrected chi connectivity index (χ4v) is 2.16. The number of hydrogen-bond donors (Lipinski definition) is 2. The number of para-hydroxylation sites is 1. The highest BCUT2D eigenvalue weighted by Gasteiger charge is 2.31. The minimum absolute atomic E-state index is 0.0414. The first-order chi connectivity index (χ1) is 10.8. The molecule has 2 rings (SSSR count). The molecule has 0 saturated heterocycles. The Morgan fingerprint density at radius 2 is 1.83 bits per heavy atom. The van der Waals surface area contributed by atoms with Gasteiger partial charge in [-0.15, -0.1) is 0 Å². The molecular formula is C15H11BrF4N2O. The Bertz CT molecular complexity index is 719. The number of alkyl halides is 3. The predicted octanol–water partition coefficient (Wildman–Crippen LogP) is 4.93. The Labute approximate surface area is 137 Å². The van der Waals surface area contributed by atoms with Crippen molar-refractivity contribution < 1.29 is 22.4 Å². The van der Waals surface area contributed by atoms with E-state index in [0.717, 1.165) is 12.1 Å². The zero-order valence-corrected chi connectivity index (χ0v) is 13.1. The Morgan fingerprint density at radius 3 is 2.43 bits per heavy atom. The molecule has 0 atom stereocenters. The van der Waals surface area contributed by atoms with Gasteiger partial charge in [-0.2, -0.15) is 13.2 Å². The Morgan fingerprint density at radius 1 is 1.13 bits per heavy atom. The van der Waals surface area contributed by atoms with Gasteiger partial charge < -0.3 is 10.6 Å². The van der Waals surface area contributed by atoms with Crippen molar-refractivity contribution in [3.8, 4) is 0 Å². The second-order valence-corrected chi connectivity index (χ2v) is 5.45. The number of anilines is 1. The minimum atomic E-state index is -4.61. The van der Waals surface area contributed by atoms with E-state index in [1.165, 1.54) is 0 Å². The monoisotopic (exact) mass is 390 g/mol. The molecule has 0 aliphatic heterocycles. The highest BCUT2D eigenvalue weighted by atomic mass is 79.9. The largest absolute Gasteiger partial charge is 0.416 e. The van der Waals surface area contributed by atoms with Gasteiger partial charge in [0.1, 0.15) is 5.82 Å². The van der Waals surface area contributed by atoms with Crippen LogP contribution in [0.4, 0.5) is 28.0 Å². The van der Waals surface area contributed by atoms with Crippen molar-refractivity contribution in [1.82, 2.24) is 5.32 Å². The van der Waals surface area contributed by atoms with Crippen LogP contribution in [0, 0.1) is 5.82 Å². The molecule has 3 nitrogen and oxygen atoms in total. The Balaban J connectivity index is 1.98. The molecule has 0 aromatic heterocycles. The fraction of sp³-hybridized carbons (Fsp3) is 0.133. The van der Waals surface area contributed by atoms with Gasteiger partial charge in [0, 0.05) is 16.6 Å². The molecular weight excluding hydrogens is 380 g/mol. The van der Waals surface area contributed by atoms with E-state index in [-0.39, 0.29) is 12.1 Å². The van der Waals surface area contributed by atoms with Crippen molar-refractivity contribution in [2.75, 3.05) is 5.32 Å². The van der Waals surface area contributed by atoms with Gasteiger partial charge in [0.25, 0.3) is 0 Å². The number of carbonyl (C=O) groups is 1. The first kappa shape index (κ1) is 17.3. The third-order valence-corrected chi connectivity index (χ3v) is 3.63. The summed E-state index contributed by atoms with van der Waals surface area (Å²) in [7, 11) is 0. The summed E-state index contributed by atoms with van der Waals surface area (Å²) in [6.45, 7) is -0.236. The van der Waals surface area contributed by atoms with Gasteiger partial charge in [-0.1, -0.05) is 18.2 Å². The van der Waals surface area contributed by atoms with E-state index < -0.39 is 23.6 Å². The van der Waals surface area contributed by atoms with Crippen LogP contribution in [0.15, 0.2) is 46.9 Å². The number of benzene rings is 2. The summed E-state index contributed by atoms with van der Waals surface area (Å²) in [5.74, 6) is -1.03. The summed E-state index contributed by atoms with van der Waals surface area (Å²) < 4.78 is 51.6. The van der Waals surface area contributed by atoms with Crippen LogP contribution in [0.3, 0.4) is 0 Å². The number of rotatable bonds is 3. The first-order valence-corrected chi connectivity index (χ1v) is 7.21. The topological polar surface area (TPSA) is 41.1 Å². The quantitative estimate of drug-likeness (QED) is 0.716. The van der Waals surface area contributed by atoms with Crippen molar-refractivity contribution in [3.63, 3.8) is 0 Å². The van der Waals surface area contributed by atoms with E-state index in [1.807, 2.05) is 0 Å². The molecule has 0 unspecified atom stereocenters. The van der Waals surface area contributed by atoms with Crippen molar-refractivity contribution in [1.29, 1.82) is 0 Å². The maximum Gasteiger partial charge on any atom is 0.416 e. The Kier molecular flexibility index (Phi) is 5.25. The van der Waals surface area contributed by atoms with E-state index in [2.05, 4.69) is 26.6 Å². The van der Waals surface area contributed by atoms with Crippen LogP contribution in [-0.2, 0) is 12.7 Å². The molecule has 0 bridgehead atoms. The van der Waals surface area contributed by atoms with Crippen LogP contribution in [0.5, 0.6) is 0 Å². The third kappa shape index (κ3) is 4.69. The lowest BCUT2D eigenvalue weighted by molar-refractivity contribution is -0.137. The van der Waals surface area contributed by atoms with Gasteiger partial charge in [-0.25, -0.2) is 9.18 Å². The van der Waals surface area contributed by atoms with Crippen molar-refractivity contribution in [2.24, 2.45) is 0 Å². The molecule has 0 heterocycles. The predicted molar refractivity (Wildman–Crippen MR) is 81.4 cm³/mol. The maximum atomic E-state index is 13.6. The molecule has 2 N–H and O–H groups in total. The van der Waals surface area contributed by atoms with Crippen LogP contribution in [0.25, 0.3) is 0 Å². The minimum Gasteiger partial charge on any atom is -0.334 e. The molecule has 2 amide bonds. The van der Waals surface area contributed by atoms with Crippen LogP contribution in [0.2, 0.25) is 0 Å². The van der Waals surface area contributed by atoms with E-state index >= 15 is 0 Å². The van der Waals surface area contributed by atoms with Gasteiger partial charge in [-0.3, -0.25) is 0 Å². The van der Waals surface area contributed by atoms with Gasteiger partial charge in [-0.05, 0) is 40.2 Å². The standard InChI is InChI=1S/C15H11BrF4N2O/c16-11-3-1-2-4-13(11)22-14(23)21-8-9-5-6-10(7-12(9)17)15(18,19)20/h1-7H,8H2,(H2,21,22,23). The zero-order chi connectivity index (χ0) is 17.0. The smallest absolute Gasteiger partial charge is 0.334 e. The number of hydrogen-bond acceptors (Lipinski definition) is 1. The summed E-state index contributed by atoms with van der Waals surface area (Å²) in [4.78, 5) is 11.7. The van der Waals surface area contributed by atoms with Crippen LogP contribution in [-0.4, -0.2) is 6.03 Å². The van der Waals surface area contributed by atoms with Gasteiger partial charge in [0.15, 0.2) is 0 Å². The van der Waals surface area contributed by atoms with Crippen LogP contribution >= 0.6 is 15.9 Å². The number of urea groups is 1. The van der Waals surface area contributed by atoms with Crippen molar-refractivity contribution >= 4 is 27.6 Å². The summed E-state index contributed by atoms with van der Waals surface area (Å²) >= 11 is 3.25. The summed E-state index contributed by atoms with van der Waals surface area (Å²) in [6, 6.07) is 8.44.